The molecule has 7 heteroatoms. The number of nitrogens with one attached hydrogen (secondary N) is 1. The van der Waals surface area contributed by atoms with Crippen LogP contribution in [0.15, 0.2) is 12.4 Å². The Morgan fingerprint density at radius 2 is 2.12 bits per heavy atom. The Morgan fingerprint density at radius 3 is 2.96 bits per heavy atom. The molecule has 1 N–H and O–H groups in total. The fraction of sp³-hybridized carbons (Fsp3) is 0.611. The Bertz CT molecular complexity index is 749. The molecule has 7 nitrogen and oxygen atoms in total. The van der Waals surface area contributed by atoms with Gasteiger partial charge in [0.15, 0.2) is 5.69 Å². The minimum absolute atomic E-state index is 0.0973. The van der Waals surface area contributed by atoms with Gasteiger partial charge in [-0.25, -0.2) is 0 Å². The summed E-state index contributed by atoms with van der Waals surface area (Å²) in [7, 11) is 0. The molecule has 4 rings (SSSR count). The van der Waals surface area contributed by atoms with E-state index in [0.29, 0.717) is 5.69 Å². The van der Waals surface area contributed by atoms with Crippen molar-refractivity contribution in [2.75, 3.05) is 26.2 Å². The van der Waals surface area contributed by atoms with Gasteiger partial charge in [0.05, 0.1) is 6.20 Å². The van der Waals surface area contributed by atoms with Crippen LogP contribution in [0.25, 0.3) is 0 Å². The molecule has 0 aromatic carbocycles. The highest BCUT2D eigenvalue weighted by atomic mass is 16.2. The molecule has 0 radical (unpaired) electrons. The molecule has 0 saturated carbocycles. The molecule has 2 aromatic rings. The van der Waals surface area contributed by atoms with Gasteiger partial charge in [-0.3, -0.25) is 19.5 Å². The van der Waals surface area contributed by atoms with Crippen molar-refractivity contribution < 1.29 is 4.79 Å². The Hall–Kier alpha value is -2.15. The van der Waals surface area contributed by atoms with Crippen LogP contribution >= 0.6 is 0 Å². The molecule has 0 bridgehead atoms. The fourth-order valence-electron chi connectivity index (χ4n) is 3.90. The fourth-order valence-corrected chi connectivity index (χ4v) is 3.90. The van der Waals surface area contributed by atoms with Crippen molar-refractivity contribution in [1.29, 1.82) is 0 Å². The van der Waals surface area contributed by atoms with Crippen LogP contribution in [0.4, 0.5) is 0 Å². The van der Waals surface area contributed by atoms with E-state index in [2.05, 4.69) is 33.3 Å². The molecule has 0 unspecified atom stereocenters. The van der Waals surface area contributed by atoms with Crippen LogP contribution in [0.5, 0.6) is 0 Å². The lowest BCUT2D eigenvalue weighted by molar-refractivity contribution is 0.0754. The highest BCUT2D eigenvalue weighted by Crippen LogP contribution is 2.24. The first-order valence-corrected chi connectivity index (χ1v) is 9.33. The third kappa shape index (κ3) is 3.33. The lowest BCUT2D eigenvalue weighted by Gasteiger charge is -2.21. The molecule has 134 valence electrons. The van der Waals surface area contributed by atoms with E-state index in [0.717, 1.165) is 76.2 Å². The average Bonchev–Trinajstić information content (AvgIpc) is 3.29. The molecule has 1 fully saturated rings. The second kappa shape index (κ2) is 7.00. The van der Waals surface area contributed by atoms with Gasteiger partial charge in [0.25, 0.3) is 5.91 Å². The zero-order valence-electron chi connectivity index (χ0n) is 14.9. The molecule has 0 spiro atoms. The van der Waals surface area contributed by atoms with Crippen LogP contribution < -0.4 is 0 Å². The number of fused-ring (bicyclic) bond motifs is 1. The van der Waals surface area contributed by atoms with Crippen LogP contribution in [-0.2, 0) is 25.9 Å². The van der Waals surface area contributed by atoms with E-state index in [1.54, 1.807) is 0 Å². The highest BCUT2D eigenvalue weighted by Gasteiger charge is 2.27. The molecule has 3 heterocycles. The largest absolute Gasteiger partial charge is 0.336 e. The Labute approximate surface area is 148 Å². The minimum Gasteiger partial charge on any atom is -0.336 e. The zero-order chi connectivity index (χ0) is 17.2. The summed E-state index contributed by atoms with van der Waals surface area (Å²) < 4.78 is 1.96. The molecule has 1 aliphatic carbocycles. The van der Waals surface area contributed by atoms with Crippen LogP contribution in [0.3, 0.4) is 0 Å². The summed E-state index contributed by atoms with van der Waals surface area (Å²) in [5.41, 5.74) is 4.21. The third-order valence-electron chi connectivity index (χ3n) is 5.30. The number of aromatic amines is 1. The number of aryl methyl sites for hydroxylation is 2. The van der Waals surface area contributed by atoms with Crippen molar-refractivity contribution in [3.63, 3.8) is 0 Å². The molecular weight excluding hydrogens is 316 g/mol. The lowest BCUT2D eigenvalue weighted by atomic mass is 10.2. The second-order valence-corrected chi connectivity index (χ2v) is 7.01. The Morgan fingerprint density at radius 1 is 1.20 bits per heavy atom. The van der Waals surface area contributed by atoms with Crippen molar-refractivity contribution in [2.24, 2.45) is 0 Å². The summed E-state index contributed by atoms with van der Waals surface area (Å²) in [6.45, 7) is 7.39. The maximum atomic E-state index is 12.9. The zero-order valence-corrected chi connectivity index (χ0v) is 14.9. The van der Waals surface area contributed by atoms with Gasteiger partial charge in [-0.1, -0.05) is 0 Å². The first-order valence-electron chi connectivity index (χ1n) is 9.33. The Balaban J connectivity index is 1.38. The van der Waals surface area contributed by atoms with E-state index >= 15 is 0 Å². The lowest BCUT2D eigenvalue weighted by Crippen LogP contribution is -2.35. The minimum atomic E-state index is 0.0973. The van der Waals surface area contributed by atoms with Gasteiger partial charge in [0.2, 0.25) is 0 Å². The Kier molecular flexibility index (Phi) is 4.57. The van der Waals surface area contributed by atoms with Crippen LogP contribution in [0.2, 0.25) is 0 Å². The van der Waals surface area contributed by atoms with Crippen molar-refractivity contribution in [2.45, 2.75) is 45.7 Å². The number of hydrogen-bond donors (Lipinski definition) is 1. The normalized spacial score (nSPS) is 18.4. The maximum absolute atomic E-state index is 12.9. The van der Waals surface area contributed by atoms with Crippen molar-refractivity contribution in [3.05, 3.63) is 34.9 Å². The average molecular weight is 342 g/mol. The quantitative estimate of drug-likeness (QED) is 0.913. The van der Waals surface area contributed by atoms with Gasteiger partial charge >= 0.3 is 0 Å². The molecule has 1 saturated heterocycles. The van der Waals surface area contributed by atoms with Crippen LogP contribution in [0, 0.1) is 0 Å². The molecule has 2 aliphatic rings. The SMILES string of the molecule is CCn1cc(CN2CCCN(C(=O)c3n[nH]c4c3CCC4)CC2)cn1. The molecule has 1 aliphatic heterocycles. The smallest absolute Gasteiger partial charge is 0.274 e. The highest BCUT2D eigenvalue weighted by molar-refractivity contribution is 5.94. The topological polar surface area (TPSA) is 70.1 Å². The van der Waals surface area contributed by atoms with Gasteiger partial charge in [-0.15, -0.1) is 0 Å². The van der Waals surface area contributed by atoms with Gasteiger partial charge in [0, 0.05) is 62.3 Å². The number of carbonyl (C=O) groups excluding carboxylic acids is 1. The van der Waals surface area contributed by atoms with E-state index in [1.807, 2.05) is 15.8 Å². The number of carbonyl (C=O) groups is 1. The third-order valence-corrected chi connectivity index (χ3v) is 5.30. The number of hydrogen-bond acceptors (Lipinski definition) is 4. The summed E-state index contributed by atoms with van der Waals surface area (Å²) in [6, 6.07) is 0. The standard InChI is InChI=1S/C18H26N6O/c1-2-24-13-14(11-19-24)12-22-7-4-8-23(10-9-22)18(25)17-15-5-3-6-16(15)20-21-17/h11,13H,2-10,12H2,1H3,(H,20,21). The summed E-state index contributed by atoms with van der Waals surface area (Å²) >= 11 is 0. The molecule has 25 heavy (non-hydrogen) atoms. The second-order valence-electron chi connectivity index (χ2n) is 7.01. The number of rotatable bonds is 4. The molecule has 0 atom stereocenters. The summed E-state index contributed by atoms with van der Waals surface area (Å²) in [5, 5.41) is 11.7. The number of H-pyrrole nitrogens is 1. The van der Waals surface area contributed by atoms with Crippen molar-refractivity contribution in [3.8, 4) is 0 Å². The molecule has 1 amide bonds. The van der Waals surface area contributed by atoms with Crippen LogP contribution in [0.1, 0.15) is 47.1 Å². The number of nitrogens with zero attached hydrogens (tertiary/aromatic N) is 5. The number of amides is 1. The van der Waals surface area contributed by atoms with Gasteiger partial charge in [-0.05, 0) is 32.6 Å². The first-order chi connectivity index (χ1) is 12.2. The van der Waals surface area contributed by atoms with Gasteiger partial charge in [0.1, 0.15) is 0 Å². The van der Waals surface area contributed by atoms with E-state index in [4.69, 9.17) is 0 Å². The maximum Gasteiger partial charge on any atom is 0.274 e. The monoisotopic (exact) mass is 342 g/mol. The van der Waals surface area contributed by atoms with Gasteiger partial charge in [-0.2, -0.15) is 10.2 Å². The first kappa shape index (κ1) is 16.3. The van der Waals surface area contributed by atoms with Crippen molar-refractivity contribution in [1.82, 2.24) is 29.8 Å². The van der Waals surface area contributed by atoms with E-state index in [-0.39, 0.29) is 5.91 Å². The summed E-state index contributed by atoms with van der Waals surface area (Å²) in [5.74, 6) is 0.0973. The van der Waals surface area contributed by atoms with Crippen molar-refractivity contribution >= 4 is 5.91 Å². The predicted molar refractivity (Wildman–Crippen MR) is 94.3 cm³/mol. The number of aromatic nitrogens is 4. The van der Waals surface area contributed by atoms with E-state index in [9.17, 15) is 4.79 Å². The van der Waals surface area contributed by atoms with Crippen LogP contribution in [-0.4, -0.2) is 61.9 Å². The van der Waals surface area contributed by atoms with E-state index < -0.39 is 0 Å². The van der Waals surface area contributed by atoms with Gasteiger partial charge < -0.3 is 4.90 Å². The summed E-state index contributed by atoms with van der Waals surface area (Å²) in [6.07, 6.45) is 8.19. The van der Waals surface area contributed by atoms with E-state index in [1.165, 1.54) is 5.56 Å². The predicted octanol–water partition coefficient (Wildman–Crippen LogP) is 1.46. The molecule has 2 aromatic heterocycles. The summed E-state index contributed by atoms with van der Waals surface area (Å²) in [4.78, 5) is 17.3. The molecular formula is C18H26N6O.